The molecule has 1 aromatic heterocycles. The highest BCUT2D eigenvalue weighted by atomic mass is 79.9. The lowest BCUT2D eigenvalue weighted by Gasteiger charge is -2.19. The molecule has 1 radical (unpaired) electrons. The van der Waals surface area contributed by atoms with E-state index in [1.54, 1.807) is 6.24 Å². The van der Waals surface area contributed by atoms with Gasteiger partial charge in [0.15, 0.2) is 5.95 Å². The zero-order valence-corrected chi connectivity index (χ0v) is 14.2. The minimum atomic E-state index is 0.104. The molecular formula is C16H20BBrN3O. The molecule has 0 saturated heterocycles. The number of nitrogens with one attached hydrogen (secondary N) is 1. The first-order valence-corrected chi connectivity index (χ1v) is 8.92. The van der Waals surface area contributed by atoms with Gasteiger partial charge < -0.3 is 4.48 Å². The monoisotopic (exact) mass is 360 g/mol. The number of aromatic nitrogens is 2. The molecule has 0 atom stereocenters. The van der Waals surface area contributed by atoms with Crippen LogP contribution in [0.25, 0.3) is 11.0 Å². The van der Waals surface area contributed by atoms with Crippen molar-refractivity contribution in [3.8, 4) is 0 Å². The summed E-state index contributed by atoms with van der Waals surface area (Å²) in [6, 6.07) is 7.87. The topological polar surface area (TPSA) is 46.9 Å². The molecule has 1 fully saturated rings. The van der Waals surface area contributed by atoms with Crippen molar-refractivity contribution in [2.24, 2.45) is 5.92 Å². The Balaban J connectivity index is 1.78. The van der Waals surface area contributed by atoms with Crippen molar-refractivity contribution < 1.29 is 4.79 Å². The van der Waals surface area contributed by atoms with Gasteiger partial charge in [0.25, 0.3) is 0 Å². The molecule has 115 valence electrons. The predicted molar refractivity (Wildman–Crippen MR) is 94.3 cm³/mol. The fourth-order valence-corrected chi connectivity index (χ4v) is 3.58. The number of benzene rings is 1. The van der Waals surface area contributed by atoms with Gasteiger partial charge in [-0.05, 0) is 25.0 Å². The number of imidazole rings is 1. The molecule has 1 saturated carbocycles. The number of anilines is 1. The fraction of sp³-hybridized carbons (Fsp3) is 0.500. The molecule has 1 aliphatic rings. The molecule has 1 heterocycles. The van der Waals surface area contributed by atoms with Gasteiger partial charge in [-0.1, -0.05) is 44.2 Å². The molecule has 1 aromatic carbocycles. The van der Waals surface area contributed by atoms with Gasteiger partial charge in [0.1, 0.15) is 0 Å². The third kappa shape index (κ3) is 3.37. The lowest BCUT2D eigenvalue weighted by molar-refractivity contribution is -0.120. The second kappa shape index (κ2) is 7.31. The summed E-state index contributed by atoms with van der Waals surface area (Å²) in [6.45, 7) is 0. The molecule has 0 unspecified atom stereocenters. The fourth-order valence-electron chi connectivity index (χ4n) is 3.16. The Morgan fingerprint density at radius 3 is 2.59 bits per heavy atom. The van der Waals surface area contributed by atoms with Crippen molar-refractivity contribution in [3.63, 3.8) is 0 Å². The average molecular weight is 361 g/mol. The largest absolute Gasteiger partial charge is 0.347 e. The Morgan fingerprint density at radius 1 is 1.18 bits per heavy atom. The zero-order valence-electron chi connectivity index (χ0n) is 12.6. The number of rotatable bonds is 3. The predicted octanol–water partition coefficient (Wildman–Crippen LogP) is 4.11. The molecule has 1 amide bonds. The van der Waals surface area contributed by atoms with Gasteiger partial charge in [0, 0.05) is 5.92 Å². The minimum Gasteiger partial charge on any atom is -0.347 e. The number of hydrogen-bond acceptors (Lipinski definition) is 2. The van der Waals surface area contributed by atoms with E-state index in [0.29, 0.717) is 5.95 Å². The normalized spacial score (nSPS) is 17.0. The van der Waals surface area contributed by atoms with Crippen LogP contribution in [0.5, 0.6) is 0 Å². The highest BCUT2D eigenvalue weighted by molar-refractivity contribution is 9.23. The molecule has 1 N–H and O–H groups in total. The van der Waals surface area contributed by atoms with Crippen molar-refractivity contribution in [1.82, 2.24) is 9.46 Å². The molecule has 0 bridgehead atoms. The third-order valence-electron chi connectivity index (χ3n) is 4.40. The zero-order chi connectivity index (χ0) is 15.4. The molecule has 0 aliphatic heterocycles. The van der Waals surface area contributed by atoms with Crippen LogP contribution < -0.4 is 5.32 Å². The molecule has 3 rings (SSSR count). The molecule has 6 heteroatoms. The third-order valence-corrected chi connectivity index (χ3v) is 4.81. The second-order valence-electron chi connectivity index (χ2n) is 5.92. The van der Waals surface area contributed by atoms with Crippen LogP contribution in [-0.4, -0.2) is 21.6 Å². The highest BCUT2D eigenvalue weighted by Crippen LogP contribution is 2.25. The Kier molecular flexibility index (Phi) is 5.18. The van der Waals surface area contributed by atoms with Gasteiger partial charge in [-0.3, -0.25) is 10.1 Å². The van der Waals surface area contributed by atoms with E-state index in [1.165, 1.54) is 19.3 Å². The Labute approximate surface area is 139 Å². The minimum absolute atomic E-state index is 0.104. The standard InChI is InChI=1S/C16H20BBrN3O/c18-17-21-14-11-7-6-10-13(14)19-16(21)20-15(22)12-8-4-2-1-3-5-9-12/h6-7,10-12H,1-5,8-9H2,(H,19,20,22). The Bertz CT molecular complexity index is 650. The number of carbonyl (C=O) groups excluding carboxylic acids is 1. The summed E-state index contributed by atoms with van der Waals surface area (Å²) in [7, 11) is 0. The summed E-state index contributed by atoms with van der Waals surface area (Å²) in [5, 5.41) is 3.02. The first-order chi connectivity index (χ1) is 10.8. The van der Waals surface area contributed by atoms with Crippen LogP contribution in [0.2, 0.25) is 0 Å². The van der Waals surface area contributed by atoms with Crippen LogP contribution in [-0.2, 0) is 4.79 Å². The van der Waals surface area contributed by atoms with Crippen molar-refractivity contribution in [1.29, 1.82) is 0 Å². The second-order valence-corrected chi connectivity index (χ2v) is 6.33. The first kappa shape index (κ1) is 15.6. The Hall–Kier alpha value is -1.30. The molecule has 4 nitrogen and oxygen atoms in total. The SMILES string of the molecule is O=C(Nc1nc2ccccc2n1[B]Br)C1CCCCCCC1. The molecule has 1 aliphatic carbocycles. The van der Waals surface area contributed by atoms with E-state index >= 15 is 0 Å². The number of nitrogens with zero attached hydrogens (tertiary/aromatic N) is 2. The quantitative estimate of drug-likeness (QED) is 0.837. The van der Waals surface area contributed by atoms with E-state index in [4.69, 9.17) is 0 Å². The smallest absolute Gasteiger partial charge is 0.345 e. The summed E-state index contributed by atoms with van der Waals surface area (Å²) in [6.07, 6.45) is 9.85. The summed E-state index contributed by atoms with van der Waals surface area (Å²) in [5.41, 5.74) is 1.86. The number of carbonyl (C=O) groups is 1. The maximum Gasteiger partial charge on any atom is 0.345 e. The summed E-state index contributed by atoms with van der Waals surface area (Å²) in [5.74, 6) is 0.807. The molecule has 0 spiro atoms. The molecule has 2 aromatic rings. The van der Waals surface area contributed by atoms with Crippen molar-refractivity contribution in [3.05, 3.63) is 24.3 Å². The number of hydrogen-bond donors (Lipinski definition) is 1. The first-order valence-electron chi connectivity index (χ1n) is 8.01. The van der Waals surface area contributed by atoms with Gasteiger partial charge in [0.05, 0.1) is 11.0 Å². The van der Waals surface area contributed by atoms with Gasteiger partial charge in [-0.2, -0.15) is 0 Å². The summed E-state index contributed by atoms with van der Waals surface area (Å²) < 4.78 is 1.87. The maximum atomic E-state index is 12.6. The highest BCUT2D eigenvalue weighted by Gasteiger charge is 2.21. The van der Waals surface area contributed by atoms with Crippen molar-refractivity contribution >= 4 is 44.9 Å². The van der Waals surface area contributed by atoms with Crippen molar-refractivity contribution in [2.45, 2.75) is 44.9 Å². The van der Waals surface area contributed by atoms with Crippen LogP contribution in [0.3, 0.4) is 0 Å². The van der Waals surface area contributed by atoms with Gasteiger partial charge >= 0.3 is 6.24 Å². The van der Waals surface area contributed by atoms with Gasteiger partial charge in [-0.25, -0.2) is 4.98 Å². The van der Waals surface area contributed by atoms with Crippen LogP contribution >= 0.6 is 15.8 Å². The van der Waals surface area contributed by atoms with Gasteiger partial charge in [0.2, 0.25) is 5.91 Å². The van der Waals surface area contributed by atoms with Crippen LogP contribution in [0.1, 0.15) is 44.9 Å². The lowest BCUT2D eigenvalue weighted by atomic mass is 9.90. The summed E-state index contributed by atoms with van der Waals surface area (Å²) in [4.78, 5) is 17.1. The Morgan fingerprint density at radius 2 is 1.86 bits per heavy atom. The number of amides is 1. The van der Waals surface area contributed by atoms with E-state index < -0.39 is 0 Å². The summed E-state index contributed by atoms with van der Waals surface area (Å²) >= 11 is 3.36. The number of halogens is 1. The number of para-hydroxylation sites is 2. The average Bonchev–Trinajstić information content (AvgIpc) is 2.83. The molecule has 22 heavy (non-hydrogen) atoms. The lowest BCUT2D eigenvalue weighted by Crippen LogP contribution is -2.25. The van der Waals surface area contributed by atoms with E-state index in [-0.39, 0.29) is 11.8 Å². The maximum absolute atomic E-state index is 12.6. The van der Waals surface area contributed by atoms with Crippen molar-refractivity contribution in [2.75, 3.05) is 5.32 Å². The van der Waals surface area contributed by atoms with Crippen LogP contribution in [0, 0.1) is 5.92 Å². The molecular weight excluding hydrogens is 341 g/mol. The van der Waals surface area contributed by atoms with Crippen LogP contribution in [0.4, 0.5) is 5.95 Å². The van der Waals surface area contributed by atoms with E-state index in [0.717, 1.165) is 36.7 Å². The van der Waals surface area contributed by atoms with Gasteiger partial charge in [-0.15, -0.1) is 15.8 Å². The van der Waals surface area contributed by atoms with Crippen LogP contribution in [0.15, 0.2) is 24.3 Å². The number of fused-ring (bicyclic) bond motifs is 1. The van der Waals surface area contributed by atoms with E-state index in [2.05, 4.69) is 26.1 Å². The van der Waals surface area contributed by atoms with E-state index in [9.17, 15) is 4.79 Å². The van der Waals surface area contributed by atoms with E-state index in [1.807, 2.05) is 28.7 Å².